The SMILES string of the molecule is CC(CCCl)CCN(C)c1ccc(F)cc1. The number of alkyl halides is 1. The van der Waals surface area contributed by atoms with Crippen LogP contribution in [0.4, 0.5) is 10.1 Å². The molecule has 1 aromatic carbocycles. The van der Waals surface area contributed by atoms with E-state index in [4.69, 9.17) is 11.6 Å². The first-order chi connectivity index (χ1) is 7.63. The van der Waals surface area contributed by atoms with E-state index in [0.717, 1.165) is 31.0 Å². The van der Waals surface area contributed by atoms with Gasteiger partial charge in [-0.25, -0.2) is 4.39 Å². The fraction of sp³-hybridized carbons (Fsp3) is 0.538. The minimum Gasteiger partial charge on any atom is -0.375 e. The molecular weight excluding hydrogens is 225 g/mol. The molecule has 0 heterocycles. The number of rotatable bonds is 6. The van der Waals surface area contributed by atoms with Crippen molar-refractivity contribution in [2.45, 2.75) is 19.8 Å². The fourth-order valence-corrected chi connectivity index (χ4v) is 1.94. The van der Waals surface area contributed by atoms with Gasteiger partial charge in [-0.15, -0.1) is 11.6 Å². The van der Waals surface area contributed by atoms with Crippen LogP contribution in [0.15, 0.2) is 24.3 Å². The third-order valence-electron chi connectivity index (χ3n) is 2.83. The summed E-state index contributed by atoms with van der Waals surface area (Å²) in [7, 11) is 2.03. The van der Waals surface area contributed by atoms with E-state index < -0.39 is 0 Å². The molecule has 0 saturated carbocycles. The largest absolute Gasteiger partial charge is 0.375 e. The van der Waals surface area contributed by atoms with Gasteiger partial charge in [0.05, 0.1) is 0 Å². The highest BCUT2D eigenvalue weighted by Crippen LogP contribution is 2.15. The maximum atomic E-state index is 12.7. The molecule has 0 aliphatic heterocycles. The molecule has 1 nitrogen and oxygen atoms in total. The monoisotopic (exact) mass is 243 g/mol. The number of benzene rings is 1. The Hall–Kier alpha value is -0.760. The maximum absolute atomic E-state index is 12.7. The van der Waals surface area contributed by atoms with Gasteiger partial charge >= 0.3 is 0 Å². The lowest BCUT2D eigenvalue weighted by atomic mass is 10.1. The zero-order chi connectivity index (χ0) is 12.0. The van der Waals surface area contributed by atoms with Crippen LogP contribution in [0, 0.1) is 11.7 Å². The van der Waals surface area contributed by atoms with Crippen molar-refractivity contribution in [3.8, 4) is 0 Å². The first-order valence-electron chi connectivity index (χ1n) is 5.66. The topological polar surface area (TPSA) is 3.24 Å². The number of halogens is 2. The van der Waals surface area contributed by atoms with Gasteiger partial charge in [0, 0.05) is 25.2 Å². The second-order valence-corrected chi connectivity index (χ2v) is 4.65. The summed E-state index contributed by atoms with van der Waals surface area (Å²) in [5, 5.41) is 0. The van der Waals surface area contributed by atoms with Gasteiger partial charge in [0.15, 0.2) is 0 Å². The number of hydrogen-bond acceptors (Lipinski definition) is 1. The summed E-state index contributed by atoms with van der Waals surface area (Å²) < 4.78 is 12.7. The molecule has 0 aromatic heterocycles. The molecule has 1 aromatic rings. The van der Waals surface area contributed by atoms with Gasteiger partial charge in [-0.3, -0.25) is 0 Å². The van der Waals surface area contributed by atoms with E-state index >= 15 is 0 Å². The van der Waals surface area contributed by atoms with E-state index in [1.807, 2.05) is 19.2 Å². The quantitative estimate of drug-likeness (QED) is 0.685. The molecule has 1 rings (SSSR count). The Labute approximate surface area is 102 Å². The Morgan fingerprint density at radius 1 is 1.25 bits per heavy atom. The van der Waals surface area contributed by atoms with Crippen LogP contribution < -0.4 is 4.90 Å². The van der Waals surface area contributed by atoms with Crippen LogP contribution in [0.2, 0.25) is 0 Å². The Morgan fingerprint density at radius 3 is 2.44 bits per heavy atom. The Morgan fingerprint density at radius 2 is 1.88 bits per heavy atom. The number of anilines is 1. The van der Waals surface area contributed by atoms with Gasteiger partial charge in [0.25, 0.3) is 0 Å². The summed E-state index contributed by atoms with van der Waals surface area (Å²) in [5.74, 6) is 1.18. The number of nitrogens with zero attached hydrogens (tertiary/aromatic N) is 1. The molecule has 0 fully saturated rings. The lowest BCUT2D eigenvalue weighted by Gasteiger charge is -2.21. The highest BCUT2D eigenvalue weighted by Gasteiger charge is 2.05. The summed E-state index contributed by atoms with van der Waals surface area (Å²) in [4.78, 5) is 2.14. The van der Waals surface area contributed by atoms with E-state index in [9.17, 15) is 4.39 Å². The van der Waals surface area contributed by atoms with Crippen molar-refractivity contribution >= 4 is 17.3 Å². The molecule has 1 atom stereocenters. The second-order valence-electron chi connectivity index (χ2n) is 4.27. The first-order valence-corrected chi connectivity index (χ1v) is 6.19. The molecule has 0 bridgehead atoms. The van der Waals surface area contributed by atoms with Gasteiger partial charge in [-0.1, -0.05) is 6.92 Å². The summed E-state index contributed by atoms with van der Waals surface area (Å²) in [5.41, 5.74) is 1.06. The molecule has 0 radical (unpaired) electrons. The first kappa shape index (κ1) is 13.3. The van der Waals surface area contributed by atoms with Gasteiger partial charge in [0.2, 0.25) is 0 Å². The maximum Gasteiger partial charge on any atom is 0.123 e. The van der Waals surface area contributed by atoms with E-state index in [1.165, 1.54) is 12.1 Å². The van der Waals surface area contributed by atoms with Gasteiger partial charge in [0.1, 0.15) is 5.82 Å². The molecular formula is C13H19ClFN. The van der Waals surface area contributed by atoms with Crippen LogP contribution in [-0.4, -0.2) is 19.5 Å². The minimum absolute atomic E-state index is 0.187. The molecule has 90 valence electrons. The van der Waals surface area contributed by atoms with Crippen LogP contribution in [0.5, 0.6) is 0 Å². The smallest absolute Gasteiger partial charge is 0.123 e. The normalized spacial score (nSPS) is 12.5. The van der Waals surface area contributed by atoms with Crippen molar-refractivity contribution in [2.24, 2.45) is 5.92 Å². The highest BCUT2D eigenvalue weighted by atomic mass is 35.5. The van der Waals surface area contributed by atoms with Crippen molar-refractivity contribution in [3.05, 3.63) is 30.1 Å². The van der Waals surface area contributed by atoms with E-state index in [0.29, 0.717) is 5.92 Å². The van der Waals surface area contributed by atoms with Gasteiger partial charge in [-0.05, 0) is 43.0 Å². The van der Waals surface area contributed by atoms with Crippen LogP contribution in [0.1, 0.15) is 19.8 Å². The average Bonchev–Trinajstić information content (AvgIpc) is 2.27. The zero-order valence-corrected chi connectivity index (χ0v) is 10.7. The van der Waals surface area contributed by atoms with E-state index in [1.54, 1.807) is 0 Å². The second kappa shape index (κ2) is 6.74. The van der Waals surface area contributed by atoms with E-state index in [-0.39, 0.29) is 5.82 Å². The van der Waals surface area contributed by atoms with Crippen molar-refractivity contribution in [1.82, 2.24) is 0 Å². The van der Waals surface area contributed by atoms with Crippen molar-refractivity contribution in [1.29, 1.82) is 0 Å². The molecule has 1 unspecified atom stereocenters. The number of hydrogen-bond donors (Lipinski definition) is 0. The Bertz CT molecular complexity index is 299. The Kier molecular flexibility index (Phi) is 5.61. The van der Waals surface area contributed by atoms with E-state index in [2.05, 4.69) is 11.8 Å². The summed E-state index contributed by atoms with van der Waals surface area (Å²) in [6.45, 7) is 3.19. The van der Waals surface area contributed by atoms with Crippen LogP contribution in [0.25, 0.3) is 0 Å². The minimum atomic E-state index is -0.187. The van der Waals surface area contributed by atoms with Crippen LogP contribution >= 0.6 is 11.6 Å². The van der Waals surface area contributed by atoms with Gasteiger partial charge < -0.3 is 4.90 Å². The third kappa shape index (κ3) is 4.40. The van der Waals surface area contributed by atoms with Crippen molar-refractivity contribution in [2.75, 3.05) is 24.4 Å². The summed E-state index contributed by atoms with van der Waals surface area (Å²) in [6, 6.07) is 6.60. The summed E-state index contributed by atoms with van der Waals surface area (Å²) in [6.07, 6.45) is 2.17. The Balaban J connectivity index is 2.40. The standard InChI is InChI=1S/C13H19ClFN/c1-11(7-9-14)8-10-16(2)13-5-3-12(15)4-6-13/h3-6,11H,7-10H2,1-2H3. The molecule has 0 saturated heterocycles. The summed E-state index contributed by atoms with van der Waals surface area (Å²) >= 11 is 5.69. The molecule has 0 amide bonds. The highest BCUT2D eigenvalue weighted by molar-refractivity contribution is 6.17. The van der Waals surface area contributed by atoms with Gasteiger partial charge in [-0.2, -0.15) is 0 Å². The van der Waals surface area contributed by atoms with Crippen LogP contribution in [-0.2, 0) is 0 Å². The third-order valence-corrected chi connectivity index (χ3v) is 3.04. The van der Waals surface area contributed by atoms with Crippen molar-refractivity contribution < 1.29 is 4.39 Å². The molecule has 16 heavy (non-hydrogen) atoms. The van der Waals surface area contributed by atoms with Crippen molar-refractivity contribution in [3.63, 3.8) is 0 Å². The fourth-order valence-electron chi connectivity index (χ4n) is 1.57. The molecule has 3 heteroatoms. The average molecular weight is 244 g/mol. The molecule has 0 N–H and O–H groups in total. The predicted octanol–water partition coefficient (Wildman–Crippen LogP) is 3.92. The lowest BCUT2D eigenvalue weighted by Crippen LogP contribution is -2.20. The zero-order valence-electron chi connectivity index (χ0n) is 9.92. The molecule has 0 aliphatic carbocycles. The molecule has 0 spiro atoms. The van der Waals surface area contributed by atoms with Crippen LogP contribution in [0.3, 0.4) is 0 Å². The molecule has 0 aliphatic rings. The predicted molar refractivity (Wildman–Crippen MR) is 68.8 cm³/mol. The lowest BCUT2D eigenvalue weighted by molar-refractivity contribution is 0.520.